The molecule has 116 valence electrons. The Morgan fingerprint density at radius 1 is 1.33 bits per heavy atom. The van der Waals surface area contributed by atoms with Crippen molar-refractivity contribution in [3.8, 4) is 0 Å². The summed E-state index contributed by atoms with van der Waals surface area (Å²) in [6, 6.07) is 7.61. The highest BCUT2D eigenvalue weighted by Gasteiger charge is 2.33. The quantitative estimate of drug-likeness (QED) is 0.840. The molecule has 1 saturated heterocycles. The lowest BCUT2D eigenvalue weighted by molar-refractivity contribution is -0.122. The minimum absolute atomic E-state index is 0.0371. The molecule has 1 amide bonds. The minimum atomic E-state index is -0.504. The maximum absolute atomic E-state index is 12.0. The van der Waals surface area contributed by atoms with Crippen molar-refractivity contribution in [1.29, 1.82) is 0 Å². The number of thioether (sulfide) groups is 1. The molecule has 1 aromatic carbocycles. The lowest BCUT2D eigenvalue weighted by atomic mass is 9.91. The number of hydrogen-bond acceptors (Lipinski definition) is 4. The SMILES string of the molecule is O=C(CSCc1ccc(Cl)cc1)NC1(CO)CCOCC1. The molecule has 0 radical (unpaired) electrons. The Bertz CT molecular complexity index is 460. The Morgan fingerprint density at radius 3 is 2.62 bits per heavy atom. The Hall–Kier alpha value is -0.750. The zero-order valence-electron chi connectivity index (χ0n) is 11.8. The predicted octanol–water partition coefficient (Wildman–Crippen LogP) is 2.23. The van der Waals surface area contributed by atoms with Crippen LogP contribution in [0.3, 0.4) is 0 Å². The van der Waals surface area contributed by atoms with Crippen molar-refractivity contribution in [2.45, 2.75) is 24.1 Å². The lowest BCUT2D eigenvalue weighted by Gasteiger charge is -2.36. The van der Waals surface area contributed by atoms with Gasteiger partial charge in [-0.05, 0) is 30.5 Å². The minimum Gasteiger partial charge on any atom is -0.394 e. The largest absolute Gasteiger partial charge is 0.394 e. The van der Waals surface area contributed by atoms with Crippen LogP contribution < -0.4 is 5.32 Å². The van der Waals surface area contributed by atoms with Crippen LogP contribution in [0.2, 0.25) is 5.02 Å². The van der Waals surface area contributed by atoms with Gasteiger partial charge in [0.05, 0.1) is 17.9 Å². The standard InChI is InChI=1S/C15H20ClNO3S/c16-13-3-1-12(2-4-13)9-21-10-14(19)17-15(11-18)5-7-20-8-6-15/h1-4,18H,5-11H2,(H,17,19). The highest BCUT2D eigenvalue weighted by molar-refractivity contribution is 7.99. The second-order valence-corrected chi connectivity index (χ2v) is 6.64. The van der Waals surface area contributed by atoms with E-state index in [4.69, 9.17) is 16.3 Å². The molecule has 1 aliphatic heterocycles. The number of benzene rings is 1. The van der Waals surface area contributed by atoms with Gasteiger partial charge in [-0.3, -0.25) is 4.79 Å². The molecular formula is C15H20ClNO3S. The number of carbonyl (C=O) groups excluding carboxylic acids is 1. The topological polar surface area (TPSA) is 58.6 Å². The average Bonchev–Trinajstić information content (AvgIpc) is 2.50. The van der Waals surface area contributed by atoms with Gasteiger partial charge in [-0.1, -0.05) is 23.7 Å². The van der Waals surface area contributed by atoms with Crippen molar-refractivity contribution in [2.24, 2.45) is 0 Å². The highest BCUT2D eigenvalue weighted by atomic mass is 35.5. The molecule has 0 unspecified atom stereocenters. The number of hydrogen-bond donors (Lipinski definition) is 2. The molecule has 0 saturated carbocycles. The molecule has 2 rings (SSSR count). The van der Waals surface area contributed by atoms with E-state index in [0.29, 0.717) is 36.8 Å². The molecule has 1 aromatic rings. The van der Waals surface area contributed by atoms with Crippen molar-refractivity contribution in [3.63, 3.8) is 0 Å². The van der Waals surface area contributed by atoms with Crippen molar-refractivity contribution in [3.05, 3.63) is 34.9 Å². The van der Waals surface area contributed by atoms with Gasteiger partial charge < -0.3 is 15.2 Å². The number of aliphatic hydroxyl groups excluding tert-OH is 1. The number of aliphatic hydroxyl groups is 1. The molecule has 0 bridgehead atoms. The summed E-state index contributed by atoms with van der Waals surface area (Å²) in [7, 11) is 0. The fourth-order valence-electron chi connectivity index (χ4n) is 2.26. The van der Waals surface area contributed by atoms with Gasteiger partial charge in [-0.15, -0.1) is 11.8 Å². The Balaban J connectivity index is 1.75. The van der Waals surface area contributed by atoms with E-state index in [0.717, 1.165) is 11.3 Å². The van der Waals surface area contributed by atoms with E-state index >= 15 is 0 Å². The highest BCUT2D eigenvalue weighted by Crippen LogP contribution is 2.21. The first-order valence-electron chi connectivity index (χ1n) is 6.95. The zero-order valence-corrected chi connectivity index (χ0v) is 13.4. The summed E-state index contributed by atoms with van der Waals surface area (Å²) in [4.78, 5) is 12.0. The molecule has 4 nitrogen and oxygen atoms in total. The normalized spacial score (nSPS) is 17.4. The monoisotopic (exact) mass is 329 g/mol. The Kier molecular flexibility index (Phi) is 6.36. The van der Waals surface area contributed by atoms with Gasteiger partial charge in [0.1, 0.15) is 0 Å². The van der Waals surface area contributed by atoms with Gasteiger partial charge in [0, 0.05) is 24.0 Å². The molecule has 6 heteroatoms. The van der Waals surface area contributed by atoms with Gasteiger partial charge in [-0.25, -0.2) is 0 Å². The molecule has 1 heterocycles. The van der Waals surface area contributed by atoms with E-state index in [1.165, 1.54) is 0 Å². The number of ether oxygens (including phenoxy) is 1. The predicted molar refractivity (Wildman–Crippen MR) is 85.6 cm³/mol. The van der Waals surface area contributed by atoms with E-state index in [1.807, 2.05) is 24.3 Å². The molecule has 0 aromatic heterocycles. The van der Waals surface area contributed by atoms with Crippen LogP contribution in [0.25, 0.3) is 0 Å². The summed E-state index contributed by atoms with van der Waals surface area (Å²) in [5.41, 5.74) is 0.635. The first kappa shape index (κ1) is 16.6. The van der Waals surface area contributed by atoms with Crippen LogP contribution in [0.5, 0.6) is 0 Å². The molecule has 1 aliphatic rings. The average molecular weight is 330 g/mol. The maximum Gasteiger partial charge on any atom is 0.230 e. The van der Waals surface area contributed by atoms with E-state index in [9.17, 15) is 9.90 Å². The number of rotatable bonds is 6. The third kappa shape index (κ3) is 5.18. The smallest absolute Gasteiger partial charge is 0.230 e. The Labute approximate surface area is 134 Å². The summed E-state index contributed by atoms with van der Waals surface area (Å²) < 4.78 is 5.28. The summed E-state index contributed by atoms with van der Waals surface area (Å²) >= 11 is 7.38. The maximum atomic E-state index is 12.0. The number of amides is 1. The van der Waals surface area contributed by atoms with Gasteiger partial charge in [0.2, 0.25) is 5.91 Å². The van der Waals surface area contributed by atoms with Crippen LogP contribution in [-0.4, -0.2) is 42.1 Å². The van der Waals surface area contributed by atoms with Crippen molar-refractivity contribution < 1.29 is 14.6 Å². The molecule has 21 heavy (non-hydrogen) atoms. The van der Waals surface area contributed by atoms with E-state index in [2.05, 4.69) is 5.32 Å². The Morgan fingerprint density at radius 2 is 2.00 bits per heavy atom. The van der Waals surface area contributed by atoms with Crippen LogP contribution in [0.15, 0.2) is 24.3 Å². The molecular weight excluding hydrogens is 310 g/mol. The first-order valence-corrected chi connectivity index (χ1v) is 8.49. The van der Waals surface area contributed by atoms with E-state index < -0.39 is 5.54 Å². The zero-order chi connectivity index (χ0) is 15.1. The van der Waals surface area contributed by atoms with E-state index in [-0.39, 0.29) is 12.5 Å². The van der Waals surface area contributed by atoms with Crippen LogP contribution in [0.1, 0.15) is 18.4 Å². The van der Waals surface area contributed by atoms with Crippen LogP contribution in [-0.2, 0) is 15.3 Å². The molecule has 2 N–H and O–H groups in total. The first-order chi connectivity index (χ1) is 10.1. The lowest BCUT2D eigenvalue weighted by Crippen LogP contribution is -2.55. The molecule has 0 atom stereocenters. The summed E-state index contributed by atoms with van der Waals surface area (Å²) in [6.45, 7) is 1.13. The van der Waals surface area contributed by atoms with Crippen molar-refractivity contribution in [1.82, 2.24) is 5.32 Å². The number of halogens is 1. The second-order valence-electron chi connectivity index (χ2n) is 5.22. The number of carbonyl (C=O) groups is 1. The van der Waals surface area contributed by atoms with E-state index in [1.54, 1.807) is 11.8 Å². The summed E-state index contributed by atoms with van der Waals surface area (Å²) in [5, 5.41) is 13.2. The summed E-state index contributed by atoms with van der Waals surface area (Å²) in [6.07, 6.45) is 1.33. The third-order valence-electron chi connectivity index (χ3n) is 3.57. The molecule has 0 aliphatic carbocycles. The fraction of sp³-hybridized carbons (Fsp3) is 0.533. The summed E-state index contributed by atoms with van der Waals surface area (Å²) in [5.74, 6) is 1.11. The van der Waals surface area contributed by atoms with Gasteiger partial charge in [0.25, 0.3) is 0 Å². The van der Waals surface area contributed by atoms with Crippen molar-refractivity contribution >= 4 is 29.3 Å². The second kappa shape index (κ2) is 8.03. The third-order valence-corrected chi connectivity index (χ3v) is 4.83. The van der Waals surface area contributed by atoms with Crippen LogP contribution in [0, 0.1) is 0 Å². The molecule has 1 fully saturated rings. The van der Waals surface area contributed by atoms with Crippen LogP contribution >= 0.6 is 23.4 Å². The van der Waals surface area contributed by atoms with Crippen LogP contribution in [0.4, 0.5) is 0 Å². The molecule has 0 spiro atoms. The fourth-order valence-corrected chi connectivity index (χ4v) is 3.17. The number of nitrogens with one attached hydrogen (secondary N) is 1. The van der Waals surface area contributed by atoms with Crippen molar-refractivity contribution in [2.75, 3.05) is 25.6 Å². The van der Waals surface area contributed by atoms with Gasteiger partial charge in [-0.2, -0.15) is 0 Å². The van der Waals surface area contributed by atoms with Gasteiger partial charge in [0.15, 0.2) is 0 Å². The van der Waals surface area contributed by atoms with Gasteiger partial charge >= 0.3 is 0 Å².